The van der Waals surface area contributed by atoms with Gasteiger partial charge in [-0.15, -0.1) is 0 Å². The second kappa shape index (κ2) is 7.27. The van der Waals surface area contributed by atoms with Gasteiger partial charge in [-0.25, -0.2) is 4.98 Å². The number of rotatable bonds is 4. The minimum Gasteiger partial charge on any atom is -0.410 e. The molecule has 0 saturated heterocycles. The van der Waals surface area contributed by atoms with Crippen LogP contribution in [0.2, 0.25) is 0 Å². The van der Waals surface area contributed by atoms with Gasteiger partial charge in [0.15, 0.2) is 5.71 Å². The van der Waals surface area contributed by atoms with Crippen LogP contribution in [0.5, 0.6) is 0 Å². The Kier molecular flexibility index (Phi) is 4.71. The van der Waals surface area contributed by atoms with Crippen molar-refractivity contribution < 1.29 is 10.4 Å². The maximum atomic E-state index is 9.53. The number of oxime groups is 2. The van der Waals surface area contributed by atoms with Crippen LogP contribution in [-0.2, 0) is 0 Å². The van der Waals surface area contributed by atoms with Gasteiger partial charge in [0.2, 0.25) is 0 Å². The molecule has 1 heterocycles. The lowest BCUT2D eigenvalue weighted by Gasteiger charge is -2.11. The highest BCUT2D eigenvalue weighted by atomic mass is 16.4. The predicted octanol–water partition coefficient (Wildman–Crippen LogP) is 3.39. The summed E-state index contributed by atoms with van der Waals surface area (Å²) in [4.78, 5) is 4.50. The maximum absolute atomic E-state index is 9.53. The van der Waals surface area contributed by atoms with Crippen molar-refractivity contribution in [2.75, 3.05) is 5.73 Å². The number of hydrogen-bond donors (Lipinski definition) is 3. The van der Waals surface area contributed by atoms with E-state index in [1.807, 2.05) is 36.4 Å². The molecule has 0 bridgehead atoms. The van der Waals surface area contributed by atoms with Gasteiger partial charge >= 0.3 is 0 Å². The topological polar surface area (TPSA) is 104 Å². The Morgan fingerprint density at radius 1 is 0.760 bits per heavy atom. The molecule has 3 aromatic rings. The SMILES string of the molecule is Nc1ccc(-c2ccccc2)nc1C(=NO)C(=NO)c1ccccc1. The molecule has 6 nitrogen and oxygen atoms in total. The highest BCUT2D eigenvalue weighted by Crippen LogP contribution is 2.21. The Balaban J connectivity index is 2.10. The van der Waals surface area contributed by atoms with E-state index in [4.69, 9.17) is 5.73 Å². The summed E-state index contributed by atoms with van der Waals surface area (Å²) in [5, 5.41) is 25.5. The quantitative estimate of drug-likeness (QED) is 0.387. The summed E-state index contributed by atoms with van der Waals surface area (Å²) in [6, 6.07) is 21.9. The fourth-order valence-electron chi connectivity index (χ4n) is 2.47. The number of pyridine rings is 1. The molecule has 0 radical (unpaired) electrons. The third-order valence-corrected chi connectivity index (χ3v) is 3.69. The van der Waals surface area contributed by atoms with E-state index in [0.29, 0.717) is 16.9 Å². The van der Waals surface area contributed by atoms with Crippen LogP contribution in [0.3, 0.4) is 0 Å². The lowest BCUT2D eigenvalue weighted by Crippen LogP contribution is -2.20. The molecule has 6 heteroatoms. The molecular weight excluding hydrogens is 316 g/mol. The molecule has 0 unspecified atom stereocenters. The van der Waals surface area contributed by atoms with Crippen molar-refractivity contribution in [2.45, 2.75) is 0 Å². The Morgan fingerprint density at radius 3 is 1.96 bits per heavy atom. The first-order chi connectivity index (χ1) is 12.2. The van der Waals surface area contributed by atoms with Gasteiger partial charge in [-0.05, 0) is 12.1 Å². The van der Waals surface area contributed by atoms with Crippen molar-refractivity contribution >= 4 is 17.1 Å². The van der Waals surface area contributed by atoms with Gasteiger partial charge in [0, 0.05) is 11.1 Å². The van der Waals surface area contributed by atoms with E-state index in [0.717, 1.165) is 5.56 Å². The Bertz CT molecular complexity index is 923. The van der Waals surface area contributed by atoms with Gasteiger partial charge < -0.3 is 16.1 Å². The molecule has 0 aliphatic heterocycles. The lowest BCUT2D eigenvalue weighted by atomic mass is 10.0. The van der Waals surface area contributed by atoms with Crippen molar-refractivity contribution in [1.29, 1.82) is 0 Å². The monoisotopic (exact) mass is 332 g/mol. The number of nitrogens with zero attached hydrogens (tertiary/aromatic N) is 3. The predicted molar refractivity (Wildman–Crippen MR) is 97.2 cm³/mol. The van der Waals surface area contributed by atoms with Gasteiger partial charge in [0.05, 0.1) is 11.4 Å². The number of benzene rings is 2. The molecule has 0 aliphatic rings. The van der Waals surface area contributed by atoms with Crippen molar-refractivity contribution in [3.8, 4) is 11.3 Å². The molecule has 0 saturated carbocycles. The summed E-state index contributed by atoms with van der Waals surface area (Å²) in [5.41, 5.74) is 8.76. The zero-order valence-corrected chi connectivity index (χ0v) is 13.2. The fraction of sp³-hybridized carbons (Fsp3) is 0. The van der Waals surface area contributed by atoms with E-state index in [1.54, 1.807) is 36.4 Å². The average molecular weight is 332 g/mol. The van der Waals surface area contributed by atoms with Crippen LogP contribution in [0, 0.1) is 0 Å². The van der Waals surface area contributed by atoms with Crippen molar-refractivity contribution in [3.63, 3.8) is 0 Å². The minimum atomic E-state index is -0.0102. The third kappa shape index (κ3) is 3.32. The number of nitrogen functional groups attached to an aromatic ring is 1. The summed E-state index contributed by atoms with van der Waals surface area (Å²) < 4.78 is 0. The molecule has 0 amide bonds. The van der Waals surface area contributed by atoms with Crippen LogP contribution in [0.4, 0.5) is 5.69 Å². The summed E-state index contributed by atoms with van der Waals surface area (Å²) in [6.45, 7) is 0. The summed E-state index contributed by atoms with van der Waals surface area (Å²) >= 11 is 0. The molecule has 3 rings (SSSR count). The van der Waals surface area contributed by atoms with Crippen LogP contribution in [0.1, 0.15) is 11.3 Å². The van der Waals surface area contributed by atoms with Gasteiger partial charge in [0.25, 0.3) is 0 Å². The second-order valence-electron chi connectivity index (χ2n) is 5.26. The lowest BCUT2D eigenvalue weighted by molar-refractivity contribution is 0.314. The van der Waals surface area contributed by atoms with E-state index >= 15 is 0 Å². The molecule has 0 spiro atoms. The fourth-order valence-corrected chi connectivity index (χ4v) is 2.47. The molecule has 0 aliphatic carbocycles. The largest absolute Gasteiger partial charge is 0.410 e. The van der Waals surface area contributed by atoms with E-state index in [2.05, 4.69) is 15.3 Å². The highest BCUT2D eigenvalue weighted by molar-refractivity contribution is 6.53. The van der Waals surface area contributed by atoms with Crippen LogP contribution < -0.4 is 5.73 Å². The summed E-state index contributed by atoms with van der Waals surface area (Å²) in [6.07, 6.45) is 0. The van der Waals surface area contributed by atoms with Gasteiger partial charge in [-0.3, -0.25) is 0 Å². The first-order valence-corrected chi connectivity index (χ1v) is 7.57. The van der Waals surface area contributed by atoms with Crippen molar-refractivity contribution in [2.24, 2.45) is 10.3 Å². The number of nitrogens with two attached hydrogens (primary N) is 1. The number of hydrogen-bond acceptors (Lipinski definition) is 6. The van der Waals surface area contributed by atoms with E-state index < -0.39 is 0 Å². The second-order valence-corrected chi connectivity index (χ2v) is 5.26. The molecule has 0 fully saturated rings. The van der Waals surface area contributed by atoms with E-state index in [1.165, 1.54) is 0 Å². The van der Waals surface area contributed by atoms with Crippen LogP contribution in [0.15, 0.2) is 83.1 Å². The van der Waals surface area contributed by atoms with Crippen LogP contribution in [-0.4, -0.2) is 26.8 Å². The molecule has 1 aromatic heterocycles. The minimum absolute atomic E-state index is 0.0102. The van der Waals surface area contributed by atoms with Crippen LogP contribution >= 0.6 is 0 Å². The summed E-state index contributed by atoms with van der Waals surface area (Å²) in [7, 11) is 0. The number of anilines is 1. The Hall–Kier alpha value is -3.67. The Morgan fingerprint density at radius 2 is 1.36 bits per heavy atom. The van der Waals surface area contributed by atoms with Crippen molar-refractivity contribution in [1.82, 2.24) is 4.98 Å². The first-order valence-electron chi connectivity index (χ1n) is 7.57. The molecule has 4 N–H and O–H groups in total. The first kappa shape index (κ1) is 16.2. The van der Waals surface area contributed by atoms with Crippen molar-refractivity contribution in [3.05, 3.63) is 84.1 Å². The normalized spacial score (nSPS) is 12.2. The molecule has 2 aromatic carbocycles. The number of aromatic nitrogens is 1. The third-order valence-electron chi connectivity index (χ3n) is 3.69. The summed E-state index contributed by atoms with van der Waals surface area (Å²) in [5.74, 6) is 0. The van der Waals surface area contributed by atoms with E-state index in [-0.39, 0.29) is 17.1 Å². The van der Waals surface area contributed by atoms with E-state index in [9.17, 15) is 10.4 Å². The molecule has 124 valence electrons. The van der Waals surface area contributed by atoms with Gasteiger partial charge in [0.1, 0.15) is 11.4 Å². The zero-order valence-electron chi connectivity index (χ0n) is 13.2. The molecular formula is C19H16N4O2. The average Bonchev–Trinajstić information content (AvgIpc) is 2.68. The molecule has 25 heavy (non-hydrogen) atoms. The smallest absolute Gasteiger partial charge is 0.159 e. The zero-order chi connectivity index (χ0) is 17.6. The maximum Gasteiger partial charge on any atom is 0.159 e. The van der Waals surface area contributed by atoms with Crippen LogP contribution in [0.25, 0.3) is 11.3 Å². The van der Waals surface area contributed by atoms with Gasteiger partial charge in [-0.2, -0.15) is 0 Å². The van der Waals surface area contributed by atoms with Gasteiger partial charge in [-0.1, -0.05) is 71.0 Å². The Labute approximate surface area is 144 Å². The molecule has 0 atom stereocenters. The standard InChI is InChI=1S/C19H16N4O2/c20-15-11-12-16(13-7-3-1-4-8-13)21-18(15)19(23-25)17(22-24)14-9-5-2-6-10-14/h1-12,24-25H,20H2. The highest BCUT2D eigenvalue weighted by Gasteiger charge is 2.20.